The van der Waals surface area contributed by atoms with Gasteiger partial charge in [-0.3, -0.25) is 0 Å². The molecule has 2 amide bonds. The zero-order valence-corrected chi connectivity index (χ0v) is 15.0. The van der Waals surface area contributed by atoms with E-state index in [0.717, 1.165) is 30.0 Å². The SMILES string of the molecule is CN1Cc2cc(C(O)c3cc(Br)sc3Br)ccc2NC1=O. The molecule has 2 heterocycles. The van der Waals surface area contributed by atoms with Gasteiger partial charge in [0.05, 0.1) is 7.57 Å². The number of hydrogen-bond donors (Lipinski definition) is 2. The minimum absolute atomic E-state index is 0.111. The number of thiophene rings is 1. The molecule has 110 valence electrons. The lowest BCUT2D eigenvalue weighted by molar-refractivity contribution is 0.217. The Morgan fingerprint density at radius 2 is 2.14 bits per heavy atom. The van der Waals surface area contributed by atoms with Crippen molar-refractivity contribution in [3.8, 4) is 0 Å². The van der Waals surface area contributed by atoms with E-state index in [0.29, 0.717) is 6.54 Å². The molecule has 1 atom stereocenters. The molecule has 0 bridgehead atoms. The summed E-state index contributed by atoms with van der Waals surface area (Å²) >= 11 is 8.42. The molecule has 1 unspecified atom stereocenters. The summed E-state index contributed by atoms with van der Waals surface area (Å²) in [6, 6.07) is 7.42. The van der Waals surface area contributed by atoms with Gasteiger partial charge in [-0.15, -0.1) is 11.3 Å². The van der Waals surface area contributed by atoms with Crippen LogP contribution in [0.4, 0.5) is 10.5 Å². The molecular weight excluding hydrogens is 420 g/mol. The summed E-state index contributed by atoms with van der Waals surface area (Å²) in [5, 5.41) is 13.4. The molecule has 4 nitrogen and oxygen atoms in total. The molecule has 0 radical (unpaired) electrons. The van der Waals surface area contributed by atoms with Crippen LogP contribution >= 0.6 is 43.2 Å². The van der Waals surface area contributed by atoms with Crippen LogP contribution in [0, 0.1) is 0 Å². The number of nitrogens with zero attached hydrogens (tertiary/aromatic N) is 1. The van der Waals surface area contributed by atoms with Crippen molar-refractivity contribution in [1.82, 2.24) is 4.90 Å². The fourth-order valence-electron chi connectivity index (χ4n) is 2.29. The van der Waals surface area contributed by atoms with Gasteiger partial charge >= 0.3 is 6.03 Å². The van der Waals surface area contributed by atoms with E-state index in [1.54, 1.807) is 11.9 Å². The zero-order chi connectivity index (χ0) is 15.1. The van der Waals surface area contributed by atoms with E-state index < -0.39 is 6.10 Å². The minimum Gasteiger partial charge on any atom is -0.384 e. The Hall–Kier alpha value is -0.890. The van der Waals surface area contributed by atoms with Gasteiger partial charge in [0.2, 0.25) is 0 Å². The highest BCUT2D eigenvalue weighted by Gasteiger charge is 2.22. The third kappa shape index (κ3) is 2.88. The first-order valence-electron chi connectivity index (χ1n) is 6.23. The van der Waals surface area contributed by atoms with Crippen LogP contribution in [-0.4, -0.2) is 23.1 Å². The van der Waals surface area contributed by atoms with Crippen molar-refractivity contribution in [2.24, 2.45) is 0 Å². The number of amides is 2. The molecule has 1 aromatic carbocycles. The molecule has 2 aromatic rings. The maximum absolute atomic E-state index is 11.6. The van der Waals surface area contributed by atoms with Gasteiger partial charge in [0, 0.05) is 24.8 Å². The van der Waals surface area contributed by atoms with E-state index in [4.69, 9.17) is 0 Å². The second-order valence-electron chi connectivity index (χ2n) is 4.88. The van der Waals surface area contributed by atoms with Crippen LogP contribution in [0.2, 0.25) is 0 Å². The van der Waals surface area contributed by atoms with Crippen molar-refractivity contribution >= 4 is 54.9 Å². The number of fused-ring (bicyclic) bond motifs is 1. The predicted octanol–water partition coefficient (Wildman–Crippen LogP) is 4.33. The van der Waals surface area contributed by atoms with E-state index in [2.05, 4.69) is 37.2 Å². The van der Waals surface area contributed by atoms with Crippen LogP contribution < -0.4 is 5.32 Å². The first kappa shape index (κ1) is 15.0. The van der Waals surface area contributed by atoms with E-state index in [1.807, 2.05) is 24.3 Å². The number of urea groups is 1. The fourth-order valence-corrected chi connectivity index (χ4v) is 5.18. The third-order valence-corrected chi connectivity index (χ3v) is 5.80. The van der Waals surface area contributed by atoms with E-state index >= 15 is 0 Å². The Morgan fingerprint density at radius 3 is 2.81 bits per heavy atom. The average molecular weight is 432 g/mol. The van der Waals surface area contributed by atoms with Gasteiger partial charge < -0.3 is 15.3 Å². The summed E-state index contributed by atoms with van der Waals surface area (Å²) < 4.78 is 1.87. The monoisotopic (exact) mass is 430 g/mol. The van der Waals surface area contributed by atoms with Crippen molar-refractivity contribution in [3.05, 3.63) is 48.5 Å². The van der Waals surface area contributed by atoms with Crippen molar-refractivity contribution in [3.63, 3.8) is 0 Å². The topological polar surface area (TPSA) is 52.6 Å². The lowest BCUT2D eigenvalue weighted by Gasteiger charge is -2.26. The average Bonchev–Trinajstić information content (AvgIpc) is 2.78. The van der Waals surface area contributed by atoms with E-state index in [1.165, 1.54) is 11.3 Å². The molecule has 0 saturated heterocycles. The van der Waals surface area contributed by atoms with Crippen LogP contribution in [0.5, 0.6) is 0 Å². The highest BCUT2D eigenvalue weighted by Crippen LogP contribution is 2.38. The van der Waals surface area contributed by atoms with Crippen molar-refractivity contribution in [1.29, 1.82) is 0 Å². The van der Waals surface area contributed by atoms with Crippen molar-refractivity contribution in [2.45, 2.75) is 12.6 Å². The second kappa shape index (κ2) is 5.72. The molecular formula is C14H12Br2N2O2S. The van der Waals surface area contributed by atoms with Crippen LogP contribution in [0.15, 0.2) is 31.8 Å². The van der Waals surface area contributed by atoms with Gasteiger partial charge in [-0.1, -0.05) is 6.07 Å². The lowest BCUT2D eigenvalue weighted by atomic mass is 10.00. The highest BCUT2D eigenvalue weighted by atomic mass is 79.9. The Labute approximate surface area is 143 Å². The number of hydrogen-bond acceptors (Lipinski definition) is 3. The first-order valence-corrected chi connectivity index (χ1v) is 8.63. The van der Waals surface area contributed by atoms with Crippen molar-refractivity contribution in [2.75, 3.05) is 12.4 Å². The van der Waals surface area contributed by atoms with Gasteiger partial charge in [0.25, 0.3) is 0 Å². The zero-order valence-electron chi connectivity index (χ0n) is 11.1. The number of anilines is 1. The molecule has 2 N–H and O–H groups in total. The van der Waals surface area contributed by atoms with E-state index in [-0.39, 0.29) is 6.03 Å². The summed E-state index contributed by atoms with van der Waals surface area (Å²) in [6.07, 6.45) is -0.699. The number of halogens is 2. The van der Waals surface area contributed by atoms with Gasteiger partial charge in [-0.2, -0.15) is 0 Å². The first-order chi connectivity index (χ1) is 9.95. The summed E-state index contributed by atoms with van der Waals surface area (Å²) in [6.45, 7) is 0.538. The van der Waals surface area contributed by atoms with Crippen LogP contribution in [-0.2, 0) is 6.54 Å². The number of aliphatic hydroxyl groups is 1. The maximum Gasteiger partial charge on any atom is 0.321 e. The van der Waals surface area contributed by atoms with Gasteiger partial charge in [-0.25, -0.2) is 4.79 Å². The lowest BCUT2D eigenvalue weighted by Crippen LogP contribution is -2.35. The summed E-state index contributed by atoms with van der Waals surface area (Å²) in [7, 11) is 1.74. The van der Waals surface area contributed by atoms with Crippen molar-refractivity contribution < 1.29 is 9.90 Å². The maximum atomic E-state index is 11.6. The summed E-state index contributed by atoms with van der Waals surface area (Å²) in [5.41, 5.74) is 3.45. The Balaban J connectivity index is 1.95. The molecule has 7 heteroatoms. The molecule has 1 aliphatic heterocycles. The van der Waals surface area contributed by atoms with Gasteiger partial charge in [0.1, 0.15) is 6.10 Å². The van der Waals surface area contributed by atoms with Crippen LogP contribution in [0.3, 0.4) is 0 Å². The number of rotatable bonds is 2. The molecule has 3 rings (SSSR count). The highest BCUT2D eigenvalue weighted by molar-refractivity contribution is 9.12. The number of aliphatic hydroxyl groups excluding tert-OH is 1. The molecule has 0 saturated carbocycles. The quantitative estimate of drug-likeness (QED) is 0.743. The molecule has 0 aliphatic carbocycles. The molecule has 0 fully saturated rings. The van der Waals surface area contributed by atoms with Crippen LogP contribution in [0.1, 0.15) is 22.8 Å². The fraction of sp³-hybridized carbons (Fsp3) is 0.214. The normalized spacial score (nSPS) is 15.6. The van der Waals surface area contributed by atoms with E-state index in [9.17, 15) is 9.90 Å². The standard InChI is InChI=1S/C14H12Br2N2O2S/c1-18-6-8-4-7(2-3-10(8)17-14(18)20)12(19)9-5-11(15)21-13(9)16/h2-5,12,19H,6H2,1H3,(H,17,20). The molecule has 1 aromatic heterocycles. The Bertz CT molecular complexity index is 717. The summed E-state index contributed by atoms with van der Waals surface area (Å²) in [4.78, 5) is 13.2. The number of carbonyl (C=O) groups excluding carboxylic acids is 1. The Kier molecular flexibility index (Phi) is 4.09. The van der Waals surface area contributed by atoms with Gasteiger partial charge in [-0.05, 0) is 61.2 Å². The largest absolute Gasteiger partial charge is 0.384 e. The Morgan fingerprint density at radius 1 is 1.38 bits per heavy atom. The molecule has 0 spiro atoms. The molecule has 21 heavy (non-hydrogen) atoms. The second-order valence-corrected chi connectivity index (χ2v) is 8.63. The van der Waals surface area contributed by atoms with Crippen LogP contribution in [0.25, 0.3) is 0 Å². The third-order valence-electron chi connectivity index (χ3n) is 3.42. The number of nitrogens with one attached hydrogen (secondary N) is 1. The predicted molar refractivity (Wildman–Crippen MR) is 90.7 cm³/mol. The van der Waals surface area contributed by atoms with Gasteiger partial charge in [0.15, 0.2) is 0 Å². The smallest absolute Gasteiger partial charge is 0.321 e. The summed E-state index contributed by atoms with van der Waals surface area (Å²) in [5.74, 6) is 0. The number of carbonyl (C=O) groups is 1. The number of benzene rings is 1. The molecule has 1 aliphatic rings. The minimum atomic E-state index is -0.699.